The van der Waals surface area contributed by atoms with Crippen LogP contribution >= 0.6 is 0 Å². The second kappa shape index (κ2) is 5.74. The number of aliphatic hydroxyl groups excluding tert-OH is 1. The van der Waals surface area contributed by atoms with E-state index in [4.69, 9.17) is 4.74 Å². The summed E-state index contributed by atoms with van der Waals surface area (Å²) in [7, 11) is -1.85. The molecule has 0 aromatic rings. The van der Waals surface area contributed by atoms with Crippen LogP contribution in [-0.4, -0.2) is 81.0 Å². The average molecular weight is 293 g/mol. The lowest BCUT2D eigenvalue weighted by atomic mass is 10.1. The number of methoxy groups -OCH3 is 1. The summed E-state index contributed by atoms with van der Waals surface area (Å²) in [5.41, 5.74) is 0. The minimum absolute atomic E-state index is 0.0287. The number of hydrogen-bond acceptors (Lipinski definition) is 7. The molecule has 110 valence electrons. The lowest BCUT2D eigenvalue weighted by Crippen LogP contribution is -2.52. The van der Waals surface area contributed by atoms with Gasteiger partial charge in [-0.25, -0.2) is 8.42 Å². The molecular weight excluding hydrogens is 274 g/mol. The van der Waals surface area contributed by atoms with Gasteiger partial charge in [-0.05, 0) is 0 Å². The molecule has 8 heteroatoms. The molecule has 0 aliphatic carbocycles. The Hall–Kier alpha value is -0.700. The first-order valence-electron chi connectivity index (χ1n) is 6.22. The Morgan fingerprint density at radius 2 is 2.21 bits per heavy atom. The second-order valence-electron chi connectivity index (χ2n) is 4.98. The van der Waals surface area contributed by atoms with Gasteiger partial charge < -0.3 is 14.6 Å². The van der Waals surface area contributed by atoms with Crippen LogP contribution in [0.2, 0.25) is 0 Å². The molecule has 2 saturated heterocycles. The largest absolute Gasteiger partial charge is 0.469 e. The quantitative estimate of drug-likeness (QED) is 0.627. The van der Waals surface area contributed by atoms with Gasteiger partial charge in [-0.3, -0.25) is 9.69 Å². The molecule has 0 bridgehead atoms. The van der Waals surface area contributed by atoms with E-state index in [-0.39, 0.29) is 30.0 Å². The van der Waals surface area contributed by atoms with Crippen molar-refractivity contribution in [3.05, 3.63) is 0 Å². The van der Waals surface area contributed by atoms with Crippen molar-refractivity contribution >= 4 is 15.8 Å². The van der Waals surface area contributed by atoms with E-state index in [0.29, 0.717) is 19.7 Å². The van der Waals surface area contributed by atoms with E-state index in [1.54, 1.807) is 0 Å². The number of nitrogens with zero attached hydrogens (tertiary/aromatic N) is 1. The minimum Gasteiger partial charge on any atom is -0.469 e. The fourth-order valence-corrected chi connectivity index (χ4v) is 4.43. The fourth-order valence-electron chi connectivity index (χ4n) is 2.60. The molecule has 0 radical (unpaired) electrons. The summed E-state index contributed by atoms with van der Waals surface area (Å²) < 4.78 is 33.1. The molecule has 19 heavy (non-hydrogen) atoms. The van der Waals surface area contributed by atoms with Crippen molar-refractivity contribution in [2.75, 3.05) is 38.3 Å². The predicted molar refractivity (Wildman–Crippen MR) is 66.4 cm³/mol. The molecule has 0 spiro atoms. The van der Waals surface area contributed by atoms with Gasteiger partial charge in [0.1, 0.15) is 0 Å². The van der Waals surface area contributed by atoms with Crippen LogP contribution < -0.4 is 0 Å². The van der Waals surface area contributed by atoms with Crippen molar-refractivity contribution in [2.24, 2.45) is 0 Å². The number of hydrogen-bond donors (Lipinski definition) is 1. The van der Waals surface area contributed by atoms with Gasteiger partial charge in [0.25, 0.3) is 0 Å². The van der Waals surface area contributed by atoms with Crippen molar-refractivity contribution in [1.29, 1.82) is 0 Å². The first-order chi connectivity index (χ1) is 8.91. The van der Waals surface area contributed by atoms with E-state index < -0.39 is 22.0 Å². The van der Waals surface area contributed by atoms with Crippen LogP contribution in [-0.2, 0) is 24.1 Å². The first-order valence-corrected chi connectivity index (χ1v) is 8.04. The summed E-state index contributed by atoms with van der Waals surface area (Å²) in [5.74, 6) is -0.568. The van der Waals surface area contributed by atoms with Gasteiger partial charge in [0.05, 0.1) is 49.9 Å². The number of sulfone groups is 1. The van der Waals surface area contributed by atoms with Gasteiger partial charge in [0.2, 0.25) is 0 Å². The number of carbonyl (C=O) groups is 1. The van der Waals surface area contributed by atoms with Crippen LogP contribution in [0.25, 0.3) is 0 Å². The number of esters is 1. The Bertz CT molecular complexity index is 436. The predicted octanol–water partition coefficient (Wildman–Crippen LogP) is -1.59. The molecule has 2 heterocycles. The van der Waals surface area contributed by atoms with Gasteiger partial charge in [-0.1, -0.05) is 0 Å². The summed E-state index contributed by atoms with van der Waals surface area (Å²) in [5, 5.41) is 9.84. The molecule has 0 aromatic heterocycles. The molecule has 2 rings (SSSR count). The lowest BCUT2D eigenvalue weighted by molar-refractivity contribution is -0.146. The van der Waals surface area contributed by atoms with E-state index in [1.807, 2.05) is 4.90 Å². The maximum atomic E-state index is 11.5. The molecule has 0 amide bonds. The minimum atomic E-state index is -3.16. The Morgan fingerprint density at radius 1 is 1.47 bits per heavy atom. The van der Waals surface area contributed by atoms with Crippen LogP contribution in [0.5, 0.6) is 0 Å². The third kappa shape index (κ3) is 3.65. The highest BCUT2D eigenvalue weighted by molar-refractivity contribution is 7.91. The van der Waals surface area contributed by atoms with Gasteiger partial charge in [0.15, 0.2) is 9.84 Å². The maximum Gasteiger partial charge on any atom is 0.308 e. The highest BCUT2D eigenvalue weighted by atomic mass is 32.2. The summed E-state index contributed by atoms with van der Waals surface area (Å²) in [6, 6.07) is -0.394. The van der Waals surface area contributed by atoms with Crippen LogP contribution in [0.3, 0.4) is 0 Å². The molecule has 3 unspecified atom stereocenters. The third-order valence-electron chi connectivity index (χ3n) is 3.55. The number of rotatable bonds is 3. The van der Waals surface area contributed by atoms with Crippen molar-refractivity contribution in [3.8, 4) is 0 Å². The Labute approximate surface area is 112 Å². The van der Waals surface area contributed by atoms with Crippen molar-refractivity contribution in [2.45, 2.75) is 24.7 Å². The zero-order valence-electron chi connectivity index (χ0n) is 10.8. The van der Waals surface area contributed by atoms with Crippen molar-refractivity contribution in [3.63, 3.8) is 0 Å². The highest BCUT2D eigenvalue weighted by Crippen LogP contribution is 2.21. The molecule has 2 aliphatic heterocycles. The second-order valence-corrected chi connectivity index (χ2v) is 7.13. The van der Waals surface area contributed by atoms with E-state index in [9.17, 15) is 18.3 Å². The topological polar surface area (TPSA) is 93.1 Å². The molecule has 2 aliphatic rings. The Balaban J connectivity index is 1.96. The highest BCUT2D eigenvalue weighted by Gasteiger charge is 2.41. The van der Waals surface area contributed by atoms with E-state index in [2.05, 4.69) is 4.74 Å². The van der Waals surface area contributed by atoms with Gasteiger partial charge >= 0.3 is 5.97 Å². The third-order valence-corrected chi connectivity index (χ3v) is 5.25. The summed E-state index contributed by atoms with van der Waals surface area (Å²) in [6.07, 6.45) is -1.03. The van der Waals surface area contributed by atoms with Gasteiger partial charge in [-0.2, -0.15) is 0 Å². The first kappa shape index (κ1) is 14.7. The lowest BCUT2D eigenvalue weighted by Gasteiger charge is -2.37. The van der Waals surface area contributed by atoms with E-state index in [1.165, 1.54) is 7.11 Å². The van der Waals surface area contributed by atoms with E-state index >= 15 is 0 Å². The van der Waals surface area contributed by atoms with Gasteiger partial charge in [-0.15, -0.1) is 0 Å². The molecule has 0 saturated carbocycles. The number of carbonyl (C=O) groups excluding carboxylic acids is 1. The molecule has 1 N–H and O–H groups in total. The standard InChI is InChI=1S/C11H19NO6S/c1-17-11(14)4-8-5-12(2-3-18-8)9-6-19(15,16)7-10(9)13/h8-10,13H,2-7H2,1H3. The zero-order valence-corrected chi connectivity index (χ0v) is 11.6. The van der Waals surface area contributed by atoms with E-state index in [0.717, 1.165) is 0 Å². The van der Waals surface area contributed by atoms with Gasteiger partial charge in [0, 0.05) is 13.1 Å². The number of ether oxygens (including phenoxy) is 2. The van der Waals surface area contributed by atoms with Crippen LogP contribution in [0.15, 0.2) is 0 Å². The smallest absolute Gasteiger partial charge is 0.308 e. The number of morpholine rings is 1. The van der Waals surface area contributed by atoms with Crippen LogP contribution in [0, 0.1) is 0 Å². The summed E-state index contributed by atoms with van der Waals surface area (Å²) in [4.78, 5) is 13.1. The molecule has 3 atom stereocenters. The Kier molecular flexibility index (Phi) is 4.44. The van der Waals surface area contributed by atoms with Crippen molar-refractivity contribution < 1.29 is 27.8 Å². The summed E-state index contributed by atoms with van der Waals surface area (Å²) in [6.45, 7) is 1.42. The summed E-state index contributed by atoms with van der Waals surface area (Å²) >= 11 is 0. The molecule has 7 nitrogen and oxygen atoms in total. The maximum absolute atomic E-state index is 11.5. The van der Waals surface area contributed by atoms with Crippen LogP contribution in [0.4, 0.5) is 0 Å². The SMILES string of the molecule is COC(=O)CC1CN(C2CS(=O)(=O)CC2O)CCO1. The number of aliphatic hydroxyl groups is 1. The Morgan fingerprint density at radius 3 is 2.79 bits per heavy atom. The zero-order chi connectivity index (χ0) is 14.0. The normalized spacial score (nSPS) is 35.2. The molecular formula is C11H19NO6S. The monoisotopic (exact) mass is 293 g/mol. The molecule has 2 fully saturated rings. The molecule has 0 aromatic carbocycles. The fraction of sp³-hybridized carbons (Fsp3) is 0.909. The average Bonchev–Trinajstić information content (AvgIpc) is 2.63. The van der Waals surface area contributed by atoms with Crippen molar-refractivity contribution in [1.82, 2.24) is 4.90 Å². The van der Waals surface area contributed by atoms with Crippen LogP contribution in [0.1, 0.15) is 6.42 Å².